The van der Waals surface area contributed by atoms with Gasteiger partial charge < -0.3 is 10.5 Å². The van der Waals surface area contributed by atoms with Gasteiger partial charge in [0.1, 0.15) is 12.4 Å². The number of aromatic nitrogens is 2. The first-order valence-corrected chi connectivity index (χ1v) is 9.38. The molecule has 4 aromatic rings. The summed E-state index contributed by atoms with van der Waals surface area (Å²) in [7, 11) is 0. The van der Waals surface area contributed by atoms with E-state index in [1.807, 2.05) is 36.7 Å². The smallest absolute Gasteiger partial charge is 0.138 e. The highest BCUT2D eigenvalue weighted by molar-refractivity contribution is 5.86. The average Bonchev–Trinajstić information content (AvgIpc) is 2.78. The number of nitrogens with two attached hydrogens (primary N) is 1. The summed E-state index contributed by atoms with van der Waals surface area (Å²) in [4.78, 5) is 8.46. The Labute approximate surface area is 169 Å². The summed E-state index contributed by atoms with van der Waals surface area (Å²) in [5, 5.41) is 11.1. The molecule has 0 saturated carbocycles. The highest BCUT2D eigenvalue weighted by atomic mass is 16.5. The van der Waals surface area contributed by atoms with Crippen molar-refractivity contribution in [2.75, 3.05) is 6.61 Å². The summed E-state index contributed by atoms with van der Waals surface area (Å²) in [6.07, 6.45) is 7.84. The normalized spacial score (nSPS) is 11.7. The van der Waals surface area contributed by atoms with Crippen molar-refractivity contribution in [3.05, 3.63) is 90.5 Å². The minimum absolute atomic E-state index is 0.153. The van der Waals surface area contributed by atoms with Crippen molar-refractivity contribution < 1.29 is 4.74 Å². The number of ether oxygens (including phenoxy) is 1. The Hall–Kier alpha value is -3.75. The third-order valence-electron chi connectivity index (χ3n) is 4.73. The monoisotopic (exact) mass is 380 g/mol. The van der Waals surface area contributed by atoms with Crippen LogP contribution in [0.4, 0.5) is 0 Å². The second-order valence-corrected chi connectivity index (χ2v) is 6.93. The van der Waals surface area contributed by atoms with Crippen molar-refractivity contribution in [1.82, 2.24) is 9.97 Å². The van der Waals surface area contributed by atoms with E-state index in [9.17, 15) is 0 Å². The fraction of sp³-hybridized carbons (Fsp3) is 0.125. The first kappa shape index (κ1) is 18.6. The number of pyridine rings is 2. The Morgan fingerprint density at radius 1 is 0.897 bits per heavy atom. The first-order chi connectivity index (χ1) is 14.2. The molecule has 0 saturated heterocycles. The van der Waals surface area contributed by atoms with Gasteiger partial charge in [0, 0.05) is 35.6 Å². The number of hydrogen-bond donors (Lipinski definition) is 1. The molecule has 142 valence electrons. The molecule has 0 bridgehead atoms. The molecule has 29 heavy (non-hydrogen) atoms. The maximum atomic E-state index is 8.87. The highest BCUT2D eigenvalue weighted by Gasteiger charge is 2.08. The largest absolute Gasteiger partial charge is 0.490 e. The molecule has 0 amide bonds. The fourth-order valence-electron chi connectivity index (χ4n) is 3.20. The van der Waals surface area contributed by atoms with E-state index in [0.29, 0.717) is 24.3 Å². The van der Waals surface area contributed by atoms with Crippen molar-refractivity contribution >= 4 is 10.8 Å². The van der Waals surface area contributed by atoms with E-state index < -0.39 is 0 Å². The molecular formula is C24H20N4O. The van der Waals surface area contributed by atoms with Crippen LogP contribution in [0.5, 0.6) is 5.75 Å². The van der Waals surface area contributed by atoms with E-state index in [0.717, 1.165) is 27.5 Å². The van der Waals surface area contributed by atoms with Gasteiger partial charge >= 0.3 is 0 Å². The standard InChI is InChI=1S/C24H20N4O/c25-12-18-3-1-17(2-4-18)9-23(26)16-29-24-11-22(14-28-15-24)19-5-6-21-13-27-8-7-20(21)10-19/h1-8,10-11,13-15,23H,9,16,26H2/t23-/m0/s1. The van der Waals surface area contributed by atoms with Crippen LogP contribution >= 0.6 is 0 Å². The molecule has 0 aliphatic carbocycles. The Balaban J connectivity index is 1.42. The summed E-state index contributed by atoms with van der Waals surface area (Å²) >= 11 is 0. The van der Waals surface area contributed by atoms with Gasteiger partial charge in [0.2, 0.25) is 0 Å². The molecule has 0 radical (unpaired) electrons. The molecule has 0 fully saturated rings. The zero-order chi connectivity index (χ0) is 20.1. The highest BCUT2D eigenvalue weighted by Crippen LogP contribution is 2.26. The van der Waals surface area contributed by atoms with Gasteiger partial charge in [0.15, 0.2) is 0 Å². The number of rotatable bonds is 6. The molecule has 2 N–H and O–H groups in total. The van der Waals surface area contributed by atoms with Crippen LogP contribution in [-0.4, -0.2) is 22.6 Å². The van der Waals surface area contributed by atoms with Crippen molar-refractivity contribution in [3.63, 3.8) is 0 Å². The lowest BCUT2D eigenvalue weighted by molar-refractivity contribution is 0.286. The Morgan fingerprint density at radius 3 is 2.59 bits per heavy atom. The first-order valence-electron chi connectivity index (χ1n) is 9.38. The maximum Gasteiger partial charge on any atom is 0.138 e. The molecule has 5 heteroatoms. The average molecular weight is 380 g/mol. The molecule has 4 rings (SSSR count). The maximum absolute atomic E-state index is 8.87. The molecular weight excluding hydrogens is 360 g/mol. The van der Waals surface area contributed by atoms with Gasteiger partial charge in [0.05, 0.1) is 17.8 Å². The quantitative estimate of drug-likeness (QED) is 0.544. The molecule has 2 aromatic heterocycles. The van der Waals surface area contributed by atoms with E-state index in [1.165, 1.54) is 0 Å². The molecule has 1 atom stereocenters. The minimum Gasteiger partial charge on any atom is -0.490 e. The Morgan fingerprint density at radius 2 is 1.76 bits per heavy atom. The number of fused-ring (bicyclic) bond motifs is 1. The predicted octanol–water partition coefficient (Wildman–Crippen LogP) is 4.12. The van der Waals surface area contributed by atoms with Crippen LogP contribution in [0.2, 0.25) is 0 Å². The molecule has 5 nitrogen and oxygen atoms in total. The lowest BCUT2D eigenvalue weighted by Crippen LogP contribution is -2.30. The van der Waals surface area contributed by atoms with Crippen LogP contribution in [0.1, 0.15) is 11.1 Å². The number of nitriles is 1. The Kier molecular flexibility index (Phi) is 5.46. The molecule has 0 spiro atoms. The third-order valence-corrected chi connectivity index (χ3v) is 4.73. The van der Waals surface area contributed by atoms with Crippen LogP contribution in [0.15, 0.2) is 79.4 Å². The van der Waals surface area contributed by atoms with E-state index in [-0.39, 0.29) is 6.04 Å². The number of hydrogen-bond acceptors (Lipinski definition) is 5. The molecule has 0 aliphatic heterocycles. The zero-order valence-corrected chi connectivity index (χ0v) is 15.8. The number of benzene rings is 2. The van der Waals surface area contributed by atoms with E-state index in [1.54, 1.807) is 24.5 Å². The summed E-state index contributed by atoms with van der Waals surface area (Å²) in [5.41, 5.74) is 10.0. The third kappa shape index (κ3) is 4.57. The van der Waals surface area contributed by atoms with Crippen molar-refractivity contribution in [2.45, 2.75) is 12.5 Å². The van der Waals surface area contributed by atoms with Crippen LogP contribution in [0.25, 0.3) is 21.9 Å². The van der Waals surface area contributed by atoms with Crippen LogP contribution < -0.4 is 10.5 Å². The zero-order valence-electron chi connectivity index (χ0n) is 15.8. The molecule has 0 unspecified atom stereocenters. The summed E-state index contributed by atoms with van der Waals surface area (Å²) < 4.78 is 5.88. The second-order valence-electron chi connectivity index (χ2n) is 6.93. The Bertz CT molecular complexity index is 1170. The SMILES string of the molecule is N#Cc1ccc(C[C@H](N)COc2cncc(-c3ccc4cnccc4c3)c2)cc1. The van der Waals surface area contributed by atoms with Crippen molar-refractivity contribution in [1.29, 1.82) is 5.26 Å². The lowest BCUT2D eigenvalue weighted by Gasteiger charge is -2.14. The van der Waals surface area contributed by atoms with E-state index >= 15 is 0 Å². The van der Waals surface area contributed by atoms with Gasteiger partial charge in [-0.05, 0) is 53.3 Å². The minimum atomic E-state index is -0.153. The van der Waals surface area contributed by atoms with Gasteiger partial charge in [-0.3, -0.25) is 9.97 Å². The van der Waals surface area contributed by atoms with Gasteiger partial charge in [-0.15, -0.1) is 0 Å². The van der Waals surface area contributed by atoms with Gasteiger partial charge in [0.25, 0.3) is 0 Å². The van der Waals surface area contributed by atoms with Crippen molar-refractivity contribution in [3.8, 4) is 22.9 Å². The predicted molar refractivity (Wildman–Crippen MR) is 113 cm³/mol. The van der Waals surface area contributed by atoms with Gasteiger partial charge in [-0.2, -0.15) is 5.26 Å². The summed E-state index contributed by atoms with van der Waals surface area (Å²) in [6, 6.07) is 19.6. The van der Waals surface area contributed by atoms with E-state index in [4.69, 9.17) is 15.7 Å². The number of nitrogens with zero attached hydrogens (tertiary/aromatic N) is 3. The summed E-state index contributed by atoms with van der Waals surface area (Å²) in [6.45, 7) is 0.383. The second kappa shape index (κ2) is 8.51. The van der Waals surface area contributed by atoms with Gasteiger partial charge in [-0.1, -0.05) is 24.3 Å². The van der Waals surface area contributed by atoms with E-state index in [2.05, 4.69) is 34.2 Å². The van der Waals surface area contributed by atoms with Crippen LogP contribution in [0.3, 0.4) is 0 Å². The molecule has 2 aromatic carbocycles. The molecule has 2 heterocycles. The van der Waals surface area contributed by atoms with Crippen molar-refractivity contribution in [2.24, 2.45) is 5.73 Å². The summed E-state index contributed by atoms with van der Waals surface area (Å²) in [5.74, 6) is 0.688. The van der Waals surface area contributed by atoms with Crippen LogP contribution in [-0.2, 0) is 6.42 Å². The lowest BCUT2D eigenvalue weighted by atomic mass is 10.0. The topological polar surface area (TPSA) is 84.8 Å². The van der Waals surface area contributed by atoms with Crippen LogP contribution in [0, 0.1) is 11.3 Å². The van der Waals surface area contributed by atoms with Gasteiger partial charge in [-0.25, -0.2) is 0 Å². The fourth-order valence-corrected chi connectivity index (χ4v) is 3.20. The molecule has 0 aliphatic rings.